The van der Waals surface area contributed by atoms with Gasteiger partial charge in [-0.15, -0.1) is 0 Å². The van der Waals surface area contributed by atoms with Crippen LogP contribution in [0.1, 0.15) is 6.92 Å². The number of hydrogen-bond acceptors (Lipinski definition) is 4. The van der Waals surface area contributed by atoms with E-state index >= 15 is 0 Å². The van der Waals surface area contributed by atoms with Gasteiger partial charge in [0, 0.05) is 5.71 Å². The van der Waals surface area contributed by atoms with Crippen molar-refractivity contribution in [3.05, 3.63) is 30.3 Å². The van der Waals surface area contributed by atoms with Gasteiger partial charge in [0.15, 0.2) is 6.23 Å². The van der Waals surface area contributed by atoms with Crippen molar-refractivity contribution in [2.75, 3.05) is 5.01 Å². The van der Waals surface area contributed by atoms with E-state index in [2.05, 4.69) is 5.10 Å². The molecule has 4 nitrogen and oxygen atoms in total. The summed E-state index contributed by atoms with van der Waals surface area (Å²) >= 11 is 0. The van der Waals surface area contributed by atoms with Gasteiger partial charge < -0.3 is 10.2 Å². The molecule has 1 heterocycles. The van der Waals surface area contributed by atoms with Crippen LogP contribution >= 0.6 is 0 Å². The molecule has 0 amide bonds. The topological polar surface area (TPSA) is 56.1 Å². The summed E-state index contributed by atoms with van der Waals surface area (Å²) < 4.78 is 51.3. The summed E-state index contributed by atoms with van der Waals surface area (Å²) in [6.07, 6.45) is -8.41. The van der Waals surface area contributed by atoms with E-state index in [1.54, 1.807) is 30.3 Å². The van der Waals surface area contributed by atoms with Crippen LogP contribution in [0, 0.1) is 5.92 Å². The number of benzene rings is 1. The summed E-state index contributed by atoms with van der Waals surface area (Å²) in [5.74, 6) is -6.23. The van der Waals surface area contributed by atoms with Gasteiger partial charge >= 0.3 is 12.3 Å². The SMILES string of the molecule is CC1=NN(c2ccccc2)C(O)C1C(O)C(F)(F)C(F)F. The van der Waals surface area contributed by atoms with Crippen molar-refractivity contribution in [1.29, 1.82) is 0 Å². The Balaban J connectivity index is 2.27. The Hall–Kier alpha value is -1.67. The average Bonchev–Trinajstić information content (AvgIpc) is 2.74. The van der Waals surface area contributed by atoms with Crippen LogP contribution in [-0.2, 0) is 0 Å². The van der Waals surface area contributed by atoms with Gasteiger partial charge in [0.25, 0.3) is 0 Å². The van der Waals surface area contributed by atoms with Crippen LogP contribution in [0.25, 0.3) is 0 Å². The van der Waals surface area contributed by atoms with Crippen molar-refractivity contribution in [3.63, 3.8) is 0 Å². The van der Waals surface area contributed by atoms with Crippen LogP contribution in [0.2, 0.25) is 0 Å². The quantitative estimate of drug-likeness (QED) is 0.837. The van der Waals surface area contributed by atoms with E-state index in [0.29, 0.717) is 5.69 Å². The van der Waals surface area contributed by atoms with Gasteiger partial charge in [0.2, 0.25) is 0 Å². The lowest BCUT2D eigenvalue weighted by Crippen LogP contribution is -2.51. The summed E-state index contributed by atoms with van der Waals surface area (Å²) in [7, 11) is 0. The molecular formula is C13H14F4N2O2. The fourth-order valence-corrected chi connectivity index (χ4v) is 2.21. The molecule has 1 aromatic carbocycles. The van der Waals surface area contributed by atoms with Gasteiger partial charge in [0.05, 0.1) is 11.6 Å². The van der Waals surface area contributed by atoms with E-state index < -0.39 is 30.6 Å². The number of aliphatic hydroxyl groups is 2. The summed E-state index contributed by atoms with van der Waals surface area (Å²) in [6.45, 7) is 1.29. The Bertz CT molecular complexity index is 524. The molecule has 0 saturated carbocycles. The van der Waals surface area contributed by atoms with Gasteiger partial charge in [-0.25, -0.2) is 13.8 Å². The lowest BCUT2D eigenvalue weighted by atomic mass is 9.92. The van der Waals surface area contributed by atoms with Crippen LogP contribution in [-0.4, -0.2) is 40.6 Å². The standard InChI is InChI=1S/C13H14F4N2O2/c1-7-9(10(20)13(16,17)12(14)15)11(21)19(18-7)8-5-3-2-4-6-8/h2-6,9-12,20-21H,1H3. The highest BCUT2D eigenvalue weighted by molar-refractivity contribution is 5.89. The lowest BCUT2D eigenvalue weighted by Gasteiger charge is -2.30. The molecule has 0 fully saturated rings. The zero-order chi connectivity index (χ0) is 15.8. The summed E-state index contributed by atoms with van der Waals surface area (Å²) in [5.41, 5.74) is 0.360. The van der Waals surface area contributed by atoms with Crippen LogP contribution in [0.3, 0.4) is 0 Å². The van der Waals surface area contributed by atoms with Crippen LogP contribution in [0.4, 0.5) is 23.2 Å². The van der Waals surface area contributed by atoms with Gasteiger partial charge in [-0.1, -0.05) is 18.2 Å². The number of rotatable bonds is 4. The van der Waals surface area contributed by atoms with E-state index in [-0.39, 0.29) is 5.71 Å². The number of para-hydroxylation sites is 1. The second kappa shape index (κ2) is 5.61. The van der Waals surface area contributed by atoms with Crippen molar-refractivity contribution in [1.82, 2.24) is 0 Å². The zero-order valence-corrected chi connectivity index (χ0v) is 11.0. The molecule has 2 rings (SSSR count). The van der Waals surface area contributed by atoms with Crippen molar-refractivity contribution < 1.29 is 27.8 Å². The molecule has 0 radical (unpaired) electrons. The molecule has 3 unspecified atom stereocenters. The molecule has 0 spiro atoms. The third kappa shape index (κ3) is 2.73. The lowest BCUT2D eigenvalue weighted by molar-refractivity contribution is -0.205. The van der Waals surface area contributed by atoms with Crippen molar-refractivity contribution in [2.24, 2.45) is 11.0 Å². The molecule has 21 heavy (non-hydrogen) atoms. The third-order valence-corrected chi connectivity index (χ3v) is 3.37. The molecule has 8 heteroatoms. The highest BCUT2D eigenvalue weighted by atomic mass is 19.3. The van der Waals surface area contributed by atoms with Crippen molar-refractivity contribution >= 4 is 11.4 Å². The molecule has 1 aliphatic rings. The molecule has 1 aliphatic heterocycles. The predicted molar refractivity (Wildman–Crippen MR) is 68.5 cm³/mol. The number of nitrogens with zero attached hydrogens (tertiary/aromatic N) is 2. The second-order valence-corrected chi connectivity index (χ2v) is 4.78. The number of anilines is 1. The van der Waals surface area contributed by atoms with Gasteiger partial charge in [-0.05, 0) is 19.1 Å². The monoisotopic (exact) mass is 306 g/mol. The first-order chi connectivity index (χ1) is 9.76. The zero-order valence-electron chi connectivity index (χ0n) is 11.0. The second-order valence-electron chi connectivity index (χ2n) is 4.78. The fraction of sp³-hybridized carbons (Fsp3) is 0.462. The Labute approximate surface area is 118 Å². The highest BCUT2D eigenvalue weighted by Gasteiger charge is 2.55. The molecule has 116 valence electrons. The minimum atomic E-state index is -4.63. The van der Waals surface area contributed by atoms with Gasteiger partial charge in [-0.3, -0.25) is 0 Å². The number of halogens is 4. The molecule has 0 saturated heterocycles. The normalized spacial score (nSPS) is 24.4. The van der Waals surface area contributed by atoms with E-state index in [1.807, 2.05) is 0 Å². The molecule has 1 aromatic rings. The number of alkyl halides is 4. The number of aliphatic hydroxyl groups excluding tert-OH is 2. The van der Waals surface area contributed by atoms with E-state index in [0.717, 1.165) is 5.01 Å². The maximum absolute atomic E-state index is 13.3. The Morgan fingerprint density at radius 3 is 2.33 bits per heavy atom. The van der Waals surface area contributed by atoms with E-state index in [1.165, 1.54) is 6.92 Å². The van der Waals surface area contributed by atoms with Crippen LogP contribution < -0.4 is 5.01 Å². The first-order valence-electron chi connectivity index (χ1n) is 6.18. The number of hydrazone groups is 1. The third-order valence-electron chi connectivity index (χ3n) is 3.37. The van der Waals surface area contributed by atoms with Crippen LogP contribution in [0.15, 0.2) is 35.4 Å². The smallest absolute Gasteiger partial charge is 0.333 e. The van der Waals surface area contributed by atoms with Crippen molar-refractivity contribution in [2.45, 2.75) is 31.6 Å². The van der Waals surface area contributed by atoms with Crippen molar-refractivity contribution in [3.8, 4) is 0 Å². The Morgan fingerprint density at radius 1 is 1.24 bits per heavy atom. The molecule has 0 aliphatic carbocycles. The van der Waals surface area contributed by atoms with Crippen LogP contribution in [0.5, 0.6) is 0 Å². The Morgan fingerprint density at radius 2 is 1.81 bits per heavy atom. The summed E-state index contributed by atoms with van der Waals surface area (Å²) in [6, 6.07) is 8.13. The predicted octanol–water partition coefficient (Wildman–Crippen LogP) is 2.08. The minimum absolute atomic E-state index is 0.0424. The van der Waals surface area contributed by atoms with Gasteiger partial charge in [-0.2, -0.15) is 13.9 Å². The molecule has 3 atom stereocenters. The highest BCUT2D eigenvalue weighted by Crippen LogP contribution is 2.37. The maximum Gasteiger partial charge on any atom is 0.333 e. The summed E-state index contributed by atoms with van der Waals surface area (Å²) in [5, 5.41) is 24.5. The largest absolute Gasteiger partial charge is 0.386 e. The van der Waals surface area contributed by atoms with Gasteiger partial charge in [0.1, 0.15) is 6.10 Å². The molecule has 0 aromatic heterocycles. The molecule has 2 N–H and O–H groups in total. The Kier molecular flexibility index (Phi) is 4.20. The first-order valence-corrected chi connectivity index (χ1v) is 6.18. The molecular weight excluding hydrogens is 292 g/mol. The van der Waals surface area contributed by atoms with E-state index in [9.17, 15) is 27.8 Å². The number of hydrogen-bond donors (Lipinski definition) is 2. The minimum Gasteiger partial charge on any atom is -0.386 e. The maximum atomic E-state index is 13.3. The summed E-state index contributed by atoms with van der Waals surface area (Å²) in [4.78, 5) is 0. The van der Waals surface area contributed by atoms with E-state index in [4.69, 9.17) is 0 Å². The first kappa shape index (κ1) is 15.7. The average molecular weight is 306 g/mol. The fourth-order valence-electron chi connectivity index (χ4n) is 2.21. The molecule has 0 bridgehead atoms.